The molecule has 2 heterocycles. The summed E-state index contributed by atoms with van der Waals surface area (Å²) < 4.78 is 1.05. The van der Waals surface area contributed by atoms with Crippen molar-refractivity contribution in [1.29, 1.82) is 0 Å². The van der Waals surface area contributed by atoms with E-state index >= 15 is 0 Å². The third-order valence-electron chi connectivity index (χ3n) is 3.12. The minimum atomic E-state index is -0.291. The average molecular weight is 275 g/mol. The molecule has 1 unspecified atom stereocenters. The maximum absolute atomic E-state index is 12.0. The van der Waals surface area contributed by atoms with Gasteiger partial charge in [0.2, 0.25) is 11.8 Å². The highest BCUT2D eigenvalue weighted by molar-refractivity contribution is 7.22. The second kappa shape index (κ2) is 4.62. The summed E-state index contributed by atoms with van der Waals surface area (Å²) >= 11 is 1.45. The van der Waals surface area contributed by atoms with Crippen molar-refractivity contribution in [2.24, 2.45) is 5.92 Å². The van der Waals surface area contributed by atoms with Crippen LogP contribution in [0.1, 0.15) is 12.0 Å². The number of hydrogen-bond donors (Lipinski definition) is 2. The maximum Gasteiger partial charge on any atom is 0.231 e. The third-order valence-corrected chi connectivity index (χ3v) is 4.06. The summed E-state index contributed by atoms with van der Waals surface area (Å²) in [6, 6.07) is 5.98. The van der Waals surface area contributed by atoms with Gasteiger partial charge in [-0.15, -0.1) is 0 Å². The second-order valence-corrected chi connectivity index (χ2v) is 5.72. The fraction of sp³-hybridized carbons (Fsp3) is 0.308. The summed E-state index contributed by atoms with van der Waals surface area (Å²) in [7, 11) is 0. The van der Waals surface area contributed by atoms with E-state index in [1.807, 2.05) is 25.1 Å². The number of benzene rings is 1. The lowest BCUT2D eigenvalue weighted by molar-refractivity contribution is -0.123. The molecule has 0 saturated carbocycles. The van der Waals surface area contributed by atoms with E-state index in [4.69, 9.17) is 0 Å². The zero-order valence-electron chi connectivity index (χ0n) is 10.4. The molecular formula is C13H13N3O2S. The smallest absolute Gasteiger partial charge is 0.231 e. The predicted molar refractivity (Wildman–Crippen MR) is 74.1 cm³/mol. The van der Waals surface area contributed by atoms with Crippen molar-refractivity contribution < 1.29 is 9.59 Å². The monoisotopic (exact) mass is 275 g/mol. The average Bonchev–Trinajstić information content (AvgIpc) is 2.94. The lowest BCUT2D eigenvalue weighted by Gasteiger charge is -2.05. The number of nitrogens with one attached hydrogen (secondary N) is 2. The van der Waals surface area contributed by atoms with Crippen LogP contribution in [0.2, 0.25) is 0 Å². The zero-order valence-corrected chi connectivity index (χ0v) is 11.2. The van der Waals surface area contributed by atoms with Crippen molar-refractivity contribution in [2.45, 2.75) is 13.3 Å². The topological polar surface area (TPSA) is 71.1 Å². The van der Waals surface area contributed by atoms with E-state index < -0.39 is 0 Å². The molecule has 1 aromatic heterocycles. The van der Waals surface area contributed by atoms with E-state index in [1.54, 1.807) is 0 Å². The van der Waals surface area contributed by atoms with Gasteiger partial charge in [-0.25, -0.2) is 4.98 Å². The predicted octanol–water partition coefficient (Wildman–Crippen LogP) is 1.68. The molecule has 2 N–H and O–H groups in total. The van der Waals surface area contributed by atoms with Crippen LogP contribution in [0, 0.1) is 12.8 Å². The largest absolute Gasteiger partial charge is 0.355 e. The Kier molecular flexibility index (Phi) is 2.94. The normalized spacial score (nSPS) is 18.6. The Morgan fingerprint density at radius 3 is 3.11 bits per heavy atom. The van der Waals surface area contributed by atoms with Crippen molar-refractivity contribution in [3.05, 3.63) is 23.8 Å². The number of amides is 2. The Hall–Kier alpha value is -1.95. The number of nitrogens with zero attached hydrogens (tertiary/aromatic N) is 1. The molecule has 6 heteroatoms. The minimum Gasteiger partial charge on any atom is -0.355 e. The first kappa shape index (κ1) is 12.1. The van der Waals surface area contributed by atoms with E-state index in [1.165, 1.54) is 16.9 Å². The van der Waals surface area contributed by atoms with Crippen molar-refractivity contribution in [1.82, 2.24) is 10.3 Å². The van der Waals surface area contributed by atoms with Crippen LogP contribution in [-0.4, -0.2) is 23.3 Å². The standard InChI is InChI=1S/C13H13N3O2S/c1-7-2-3-9-10(4-7)19-13(15-9)16-12(18)8-5-11(17)14-6-8/h2-4,8H,5-6H2,1H3,(H,14,17)(H,15,16,18). The Balaban J connectivity index is 1.77. The quantitative estimate of drug-likeness (QED) is 0.876. The third kappa shape index (κ3) is 2.44. The van der Waals surface area contributed by atoms with Crippen molar-refractivity contribution in [3.8, 4) is 0 Å². The fourth-order valence-electron chi connectivity index (χ4n) is 2.08. The molecule has 1 aliphatic heterocycles. The number of hydrogen-bond acceptors (Lipinski definition) is 4. The van der Waals surface area contributed by atoms with Crippen molar-refractivity contribution in [3.63, 3.8) is 0 Å². The summed E-state index contributed by atoms with van der Waals surface area (Å²) in [5, 5.41) is 6.03. The number of aromatic nitrogens is 1. The Morgan fingerprint density at radius 1 is 1.53 bits per heavy atom. The molecule has 2 aromatic rings. The van der Waals surface area contributed by atoms with Gasteiger partial charge >= 0.3 is 0 Å². The molecule has 0 radical (unpaired) electrons. The Labute approximate surface area is 114 Å². The van der Waals surface area contributed by atoms with Gasteiger partial charge in [0.05, 0.1) is 16.1 Å². The number of carbonyl (C=O) groups excluding carboxylic acids is 2. The first-order chi connectivity index (χ1) is 9.11. The van der Waals surface area contributed by atoms with E-state index in [9.17, 15) is 9.59 Å². The molecule has 1 aromatic carbocycles. The van der Waals surface area contributed by atoms with E-state index in [0.29, 0.717) is 11.7 Å². The van der Waals surface area contributed by atoms with Gasteiger partial charge in [0, 0.05) is 13.0 Å². The van der Waals surface area contributed by atoms with E-state index in [2.05, 4.69) is 15.6 Å². The lowest BCUT2D eigenvalue weighted by atomic mass is 10.1. The molecule has 3 rings (SSSR count). The van der Waals surface area contributed by atoms with Gasteiger partial charge in [-0.3, -0.25) is 9.59 Å². The Morgan fingerprint density at radius 2 is 2.37 bits per heavy atom. The van der Waals surface area contributed by atoms with Gasteiger partial charge in [0.15, 0.2) is 5.13 Å². The molecular weight excluding hydrogens is 262 g/mol. The SMILES string of the molecule is Cc1ccc2nc(NC(=O)C3CNC(=O)C3)sc2c1. The van der Waals surface area contributed by atoms with Crippen LogP contribution in [0.25, 0.3) is 10.2 Å². The minimum absolute atomic E-state index is 0.0694. The van der Waals surface area contributed by atoms with Gasteiger partial charge in [-0.1, -0.05) is 17.4 Å². The second-order valence-electron chi connectivity index (χ2n) is 4.68. The molecule has 2 amide bonds. The van der Waals surface area contributed by atoms with Gasteiger partial charge in [0.25, 0.3) is 0 Å². The molecule has 1 fully saturated rings. The van der Waals surface area contributed by atoms with E-state index in [-0.39, 0.29) is 24.2 Å². The van der Waals surface area contributed by atoms with Crippen molar-refractivity contribution >= 4 is 38.5 Å². The van der Waals surface area contributed by atoms with Crippen LogP contribution >= 0.6 is 11.3 Å². The number of fused-ring (bicyclic) bond motifs is 1. The van der Waals surface area contributed by atoms with Crippen LogP contribution in [0.4, 0.5) is 5.13 Å². The number of rotatable bonds is 2. The number of anilines is 1. The van der Waals surface area contributed by atoms with Crippen LogP contribution in [0.3, 0.4) is 0 Å². The van der Waals surface area contributed by atoms with Gasteiger partial charge in [-0.05, 0) is 24.6 Å². The van der Waals surface area contributed by atoms with Crippen LogP contribution in [0.15, 0.2) is 18.2 Å². The number of thiazole rings is 1. The zero-order chi connectivity index (χ0) is 13.4. The van der Waals surface area contributed by atoms with E-state index in [0.717, 1.165) is 10.2 Å². The lowest BCUT2D eigenvalue weighted by Crippen LogP contribution is -2.24. The Bertz CT molecular complexity index is 665. The molecule has 0 aliphatic carbocycles. The molecule has 1 aliphatic rings. The molecule has 0 spiro atoms. The van der Waals surface area contributed by atoms with Crippen LogP contribution in [-0.2, 0) is 9.59 Å². The molecule has 1 atom stereocenters. The summed E-state index contributed by atoms with van der Waals surface area (Å²) in [5.41, 5.74) is 2.05. The van der Waals surface area contributed by atoms with Gasteiger partial charge < -0.3 is 10.6 Å². The highest BCUT2D eigenvalue weighted by Gasteiger charge is 2.28. The highest BCUT2D eigenvalue weighted by Crippen LogP contribution is 2.27. The van der Waals surface area contributed by atoms with Crippen LogP contribution in [0.5, 0.6) is 0 Å². The highest BCUT2D eigenvalue weighted by atomic mass is 32.1. The first-order valence-corrected chi connectivity index (χ1v) is 6.88. The number of carbonyl (C=O) groups is 2. The molecule has 19 heavy (non-hydrogen) atoms. The van der Waals surface area contributed by atoms with Gasteiger partial charge in [-0.2, -0.15) is 0 Å². The molecule has 0 bridgehead atoms. The molecule has 98 valence electrons. The molecule has 1 saturated heterocycles. The fourth-order valence-corrected chi connectivity index (χ4v) is 3.05. The summed E-state index contributed by atoms with van der Waals surface area (Å²) in [4.78, 5) is 27.4. The summed E-state index contributed by atoms with van der Waals surface area (Å²) in [6.07, 6.45) is 0.260. The molecule has 5 nitrogen and oxygen atoms in total. The van der Waals surface area contributed by atoms with Gasteiger partial charge in [0.1, 0.15) is 0 Å². The maximum atomic E-state index is 12.0. The van der Waals surface area contributed by atoms with Crippen LogP contribution < -0.4 is 10.6 Å². The number of aryl methyl sites for hydroxylation is 1. The summed E-state index contributed by atoms with van der Waals surface area (Å²) in [5.74, 6) is -0.504. The summed E-state index contributed by atoms with van der Waals surface area (Å²) in [6.45, 7) is 2.43. The first-order valence-electron chi connectivity index (χ1n) is 6.06. The van der Waals surface area contributed by atoms with Crippen molar-refractivity contribution in [2.75, 3.05) is 11.9 Å².